The second kappa shape index (κ2) is 8.72. The summed E-state index contributed by atoms with van der Waals surface area (Å²) in [6.45, 7) is 7.76. The van der Waals surface area contributed by atoms with Crippen molar-refractivity contribution in [3.05, 3.63) is 22.4 Å². The molecule has 0 bridgehead atoms. The first-order chi connectivity index (χ1) is 9.22. The fourth-order valence-corrected chi connectivity index (χ4v) is 3.49. The molecule has 0 saturated heterocycles. The maximum Gasteiger partial charge on any atom is 0.0825 e. The molecule has 0 aromatic carbocycles. The molecule has 0 spiro atoms. The van der Waals surface area contributed by atoms with Crippen molar-refractivity contribution in [1.29, 1.82) is 0 Å². The second-order valence-corrected chi connectivity index (χ2v) is 5.93. The van der Waals surface area contributed by atoms with Crippen LogP contribution in [0.4, 0.5) is 0 Å². The van der Waals surface area contributed by atoms with E-state index in [0.717, 1.165) is 32.2 Å². The van der Waals surface area contributed by atoms with Gasteiger partial charge in [-0.25, -0.2) is 0 Å². The third-order valence-electron chi connectivity index (χ3n) is 4.18. The van der Waals surface area contributed by atoms with Gasteiger partial charge in [0.1, 0.15) is 0 Å². The van der Waals surface area contributed by atoms with E-state index in [2.05, 4.69) is 42.9 Å². The lowest BCUT2D eigenvalue weighted by Crippen LogP contribution is -2.52. The molecule has 1 aromatic rings. The summed E-state index contributed by atoms with van der Waals surface area (Å²) in [4.78, 5) is 0. The monoisotopic (exact) mass is 283 g/mol. The van der Waals surface area contributed by atoms with Crippen LogP contribution in [-0.2, 0) is 11.2 Å². The first-order valence-corrected chi connectivity index (χ1v) is 8.46. The second-order valence-electron chi connectivity index (χ2n) is 5.15. The molecule has 110 valence electrons. The van der Waals surface area contributed by atoms with Crippen LogP contribution in [0, 0.1) is 0 Å². The summed E-state index contributed by atoms with van der Waals surface area (Å²) >= 11 is 1.78. The Morgan fingerprint density at radius 2 is 2.05 bits per heavy atom. The molecule has 0 radical (unpaired) electrons. The smallest absolute Gasteiger partial charge is 0.0825 e. The van der Waals surface area contributed by atoms with E-state index >= 15 is 0 Å². The van der Waals surface area contributed by atoms with Crippen molar-refractivity contribution in [3.8, 4) is 0 Å². The summed E-state index contributed by atoms with van der Waals surface area (Å²) in [5.41, 5.74) is 1.43. The van der Waals surface area contributed by atoms with Crippen LogP contribution in [0.2, 0.25) is 0 Å². The van der Waals surface area contributed by atoms with E-state index in [0.29, 0.717) is 6.04 Å². The van der Waals surface area contributed by atoms with Gasteiger partial charge in [-0.1, -0.05) is 20.8 Å². The van der Waals surface area contributed by atoms with E-state index in [9.17, 15) is 0 Å². The van der Waals surface area contributed by atoms with Gasteiger partial charge in [-0.15, -0.1) is 0 Å². The fraction of sp³-hybridized carbons (Fsp3) is 0.750. The van der Waals surface area contributed by atoms with Gasteiger partial charge < -0.3 is 10.1 Å². The molecule has 1 N–H and O–H groups in total. The molecule has 0 aliphatic rings. The minimum atomic E-state index is -0.0226. The van der Waals surface area contributed by atoms with Gasteiger partial charge in [0, 0.05) is 13.2 Å². The van der Waals surface area contributed by atoms with Crippen LogP contribution in [0.25, 0.3) is 0 Å². The van der Waals surface area contributed by atoms with Crippen molar-refractivity contribution >= 4 is 11.3 Å². The van der Waals surface area contributed by atoms with Crippen LogP contribution in [0.3, 0.4) is 0 Å². The van der Waals surface area contributed by atoms with E-state index in [1.165, 1.54) is 12.0 Å². The standard InChI is InChI=1S/C16H29NOS/c1-5-11-17-15(16(6-2,7-3)18-4)9-8-14-10-12-19-13-14/h10,12-13,15,17H,5-9,11H2,1-4H3. The van der Waals surface area contributed by atoms with Gasteiger partial charge in [-0.3, -0.25) is 0 Å². The zero-order valence-corrected chi connectivity index (χ0v) is 13.7. The van der Waals surface area contributed by atoms with Crippen LogP contribution in [0.5, 0.6) is 0 Å². The summed E-state index contributed by atoms with van der Waals surface area (Å²) < 4.78 is 5.91. The summed E-state index contributed by atoms with van der Waals surface area (Å²) in [5, 5.41) is 8.12. The van der Waals surface area contributed by atoms with Crippen LogP contribution < -0.4 is 5.32 Å². The molecule has 3 heteroatoms. The quantitative estimate of drug-likeness (QED) is 0.693. The van der Waals surface area contributed by atoms with E-state index in [1.807, 2.05) is 7.11 Å². The number of hydrogen-bond donors (Lipinski definition) is 1. The Hall–Kier alpha value is -0.380. The lowest BCUT2D eigenvalue weighted by molar-refractivity contribution is -0.0492. The molecule has 0 saturated carbocycles. The molecule has 2 nitrogen and oxygen atoms in total. The molecule has 0 amide bonds. The molecule has 0 aliphatic heterocycles. The lowest BCUT2D eigenvalue weighted by Gasteiger charge is -2.39. The molecular weight excluding hydrogens is 254 g/mol. The Labute approximate surface area is 122 Å². The number of rotatable bonds is 10. The average Bonchev–Trinajstić information content (AvgIpc) is 2.96. The zero-order chi connectivity index (χ0) is 14.1. The van der Waals surface area contributed by atoms with Crippen molar-refractivity contribution in [1.82, 2.24) is 5.32 Å². The highest BCUT2D eigenvalue weighted by Crippen LogP contribution is 2.27. The van der Waals surface area contributed by atoms with Gasteiger partial charge in [0.05, 0.1) is 5.60 Å². The van der Waals surface area contributed by atoms with Crippen LogP contribution in [0.15, 0.2) is 16.8 Å². The number of methoxy groups -OCH3 is 1. The minimum absolute atomic E-state index is 0.0226. The predicted octanol–water partition coefficient (Wildman–Crippen LogP) is 4.25. The molecule has 1 heterocycles. The zero-order valence-electron chi connectivity index (χ0n) is 12.9. The lowest BCUT2D eigenvalue weighted by atomic mass is 9.84. The highest BCUT2D eigenvalue weighted by atomic mass is 32.1. The van der Waals surface area contributed by atoms with Gasteiger partial charge in [0.25, 0.3) is 0 Å². The SMILES string of the molecule is CCCNC(CCc1ccsc1)C(CC)(CC)OC. The van der Waals surface area contributed by atoms with Crippen molar-refractivity contribution in [2.24, 2.45) is 0 Å². The number of aryl methyl sites for hydroxylation is 1. The normalized spacial score (nSPS) is 13.7. The summed E-state index contributed by atoms with van der Waals surface area (Å²) in [5.74, 6) is 0. The summed E-state index contributed by atoms with van der Waals surface area (Å²) in [6.07, 6.45) is 5.57. The average molecular weight is 283 g/mol. The van der Waals surface area contributed by atoms with E-state index in [4.69, 9.17) is 4.74 Å². The minimum Gasteiger partial charge on any atom is -0.377 e. The first-order valence-electron chi connectivity index (χ1n) is 7.52. The van der Waals surface area contributed by atoms with E-state index in [-0.39, 0.29) is 5.60 Å². The van der Waals surface area contributed by atoms with E-state index in [1.54, 1.807) is 11.3 Å². The van der Waals surface area contributed by atoms with Crippen LogP contribution in [0.1, 0.15) is 52.0 Å². The van der Waals surface area contributed by atoms with Gasteiger partial charge >= 0.3 is 0 Å². The largest absolute Gasteiger partial charge is 0.377 e. The van der Waals surface area contributed by atoms with Gasteiger partial charge in [0.2, 0.25) is 0 Å². The topological polar surface area (TPSA) is 21.3 Å². The molecular formula is C16H29NOS. The Balaban J connectivity index is 2.68. The van der Waals surface area contributed by atoms with Crippen molar-refractivity contribution in [3.63, 3.8) is 0 Å². The third-order valence-corrected chi connectivity index (χ3v) is 4.91. The fourth-order valence-electron chi connectivity index (χ4n) is 2.79. The van der Waals surface area contributed by atoms with Gasteiger partial charge in [-0.05, 0) is 61.0 Å². The van der Waals surface area contributed by atoms with Crippen molar-refractivity contribution in [2.75, 3.05) is 13.7 Å². The van der Waals surface area contributed by atoms with Crippen molar-refractivity contribution in [2.45, 2.75) is 64.5 Å². The molecule has 0 fully saturated rings. The molecule has 1 rings (SSSR count). The van der Waals surface area contributed by atoms with Crippen LogP contribution in [-0.4, -0.2) is 25.3 Å². The Morgan fingerprint density at radius 3 is 2.53 bits per heavy atom. The van der Waals surface area contributed by atoms with Gasteiger partial charge in [-0.2, -0.15) is 11.3 Å². The van der Waals surface area contributed by atoms with Crippen molar-refractivity contribution < 1.29 is 4.74 Å². The molecule has 1 aromatic heterocycles. The highest BCUT2D eigenvalue weighted by Gasteiger charge is 2.34. The first kappa shape index (κ1) is 16.7. The third kappa shape index (κ3) is 4.59. The summed E-state index contributed by atoms with van der Waals surface area (Å²) in [7, 11) is 1.86. The maximum absolute atomic E-state index is 5.91. The predicted molar refractivity (Wildman–Crippen MR) is 85.0 cm³/mol. The number of thiophene rings is 1. The molecule has 19 heavy (non-hydrogen) atoms. The van der Waals surface area contributed by atoms with Gasteiger partial charge in [0.15, 0.2) is 0 Å². The molecule has 0 aliphatic carbocycles. The summed E-state index contributed by atoms with van der Waals surface area (Å²) in [6, 6.07) is 2.67. The molecule has 1 unspecified atom stereocenters. The Morgan fingerprint density at radius 1 is 1.32 bits per heavy atom. The Kier molecular flexibility index (Phi) is 7.66. The Bertz CT molecular complexity index is 311. The number of hydrogen-bond acceptors (Lipinski definition) is 3. The maximum atomic E-state index is 5.91. The molecule has 1 atom stereocenters. The number of nitrogens with one attached hydrogen (secondary N) is 1. The number of ether oxygens (including phenoxy) is 1. The van der Waals surface area contributed by atoms with E-state index < -0.39 is 0 Å². The highest BCUT2D eigenvalue weighted by molar-refractivity contribution is 7.07. The van der Waals surface area contributed by atoms with Crippen LogP contribution >= 0.6 is 11.3 Å².